The number of methoxy groups -OCH3 is 1. The van der Waals surface area contributed by atoms with Gasteiger partial charge in [0.1, 0.15) is 0 Å². The summed E-state index contributed by atoms with van der Waals surface area (Å²) < 4.78 is 43.3. The molecule has 0 spiro atoms. The van der Waals surface area contributed by atoms with Gasteiger partial charge in [0.05, 0.1) is 24.3 Å². The quantitative estimate of drug-likeness (QED) is 0.450. The summed E-state index contributed by atoms with van der Waals surface area (Å²) in [7, 11) is -2.31. The predicted octanol–water partition coefficient (Wildman–Crippen LogP) is 4.15. The van der Waals surface area contributed by atoms with Crippen LogP contribution in [0.2, 0.25) is 0 Å². The van der Waals surface area contributed by atoms with E-state index in [-0.39, 0.29) is 16.7 Å². The van der Waals surface area contributed by atoms with Crippen LogP contribution in [0.1, 0.15) is 23.7 Å². The van der Waals surface area contributed by atoms with Gasteiger partial charge in [-0.1, -0.05) is 11.2 Å². The van der Waals surface area contributed by atoms with E-state index < -0.39 is 10.0 Å². The average Bonchev–Trinajstić information content (AvgIpc) is 3.10. The largest absolute Gasteiger partial charge is 0.493 e. The van der Waals surface area contributed by atoms with Crippen molar-refractivity contribution >= 4 is 33.6 Å². The number of hydrogen-bond acceptors (Lipinski definition) is 7. The van der Waals surface area contributed by atoms with Crippen molar-refractivity contribution in [3.63, 3.8) is 0 Å². The third-order valence-electron chi connectivity index (χ3n) is 4.73. The van der Waals surface area contributed by atoms with Crippen molar-refractivity contribution in [2.75, 3.05) is 23.8 Å². The van der Waals surface area contributed by atoms with E-state index in [0.717, 1.165) is 5.56 Å². The van der Waals surface area contributed by atoms with Crippen LogP contribution in [0.4, 0.5) is 11.6 Å². The topological polar surface area (TPSA) is 120 Å². The highest BCUT2D eigenvalue weighted by molar-refractivity contribution is 7.92. The van der Waals surface area contributed by atoms with Gasteiger partial charge in [0, 0.05) is 17.3 Å². The first-order valence-electron chi connectivity index (χ1n) is 10.1. The van der Waals surface area contributed by atoms with E-state index in [1.807, 2.05) is 13.0 Å². The summed E-state index contributed by atoms with van der Waals surface area (Å²) in [6, 6.07) is 11.1. The Kier molecular flexibility index (Phi) is 7.39. The molecule has 3 aromatic rings. The predicted molar refractivity (Wildman–Crippen MR) is 125 cm³/mol. The molecule has 0 bridgehead atoms. The molecule has 2 N–H and O–H groups in total. The standard InChI is InChI=1S/C23H25N3O6S/c1-5-31-20-12-6-17(14-21(20)30-4)7-13-22(27)24-18-8-10-19(11-9-18)33(28,29)26-23-15(2)16(3)25-32-23/h6-14,26H,5H2,1-4H3,(H,24,27). The zero-order valence-electron chi connectivity index (χ0n) is 18.7. The molecule has 0 aliphatic rings. The summed E-state index contributed by atoms with van der Waals surface area (Å²) in [6.07, 6.45) is 3.01. The number of ether oxygens (including phenoxy) is 2. The van der Waals surface area contributed by atoms with E-state index in [1.165, 1.54) is 30.3 Å². The fourth-order valence-electron chi connectivity index (χ4n) is 2.83. The number of sulfonamides is 1. The SMILES string of the molecule is CCOc1ccc(C=CC(=O)Nc2ccc(S(=O)(=O)Nc3onc(C)c3C)cc2)cc1OC. The number of aromatic nitrogens is 1. The van der Waals surface area contributed by atoms with Crippen molar-refractivity contribution in [2.45, 2.75) is 25.7 Å². The van der Waals surface area contributed by atoms with Crippen LogP contribution < -0.4 is 19.5 Å². The summed E-state index contributed by atoms with van der Waals surface area (Å²) >= 11 is 0. The number of carbonyl (C=O) groups is 1. The molecule has 2 aromatic carbocycles. The highest BCUT2D eigenvalue weighted by Crippen LogP contribution is 2.28. The van der Waals surface area contributed by atoms with Gasteiger partial charge in [-0.15, -0.1) is 0 Å². The fraction of sp³-hybridized carbons (Fsp3) is 0.217. The third-order valence-corrected chi connectivity index (χ3v) is 6.08. The second kappa shape index (κ2) is 10.2. The minimum atomic E-state index is -3.86. The van der Waals surface area contributed by atoms with E-state index in [4.69, 9.17) is 14.0 Å². The number of rotatable bonds is 9. The van der Waals surface area contributed by atoms with Gasteiger partial charge < -0.3 is 19.3 Å². The number of nitrogens with zero attached hydrogens (tertiary/aromatic N) is 1. The molecule has 10 heteroatoms. The number of amides is 1. The molecule has 0 atom stereocenters. The second-order valence-electron chi connectivity index (χ2n) is 7.02. The Morgan fingerprint density at radius 2 is 1.85 bits per heavy atom. The molecule has 9 nitrogen and oxygen atoms in total. The summed E-state index contributed by atoms with van der Waals surface area (Å²) in [6.45, 7) is 5.83. The van der Waals surface area contributed by atoms with Crippen molar-refractivity contribution < 1.29 is 27.2 Å². The van der Waals surface area contributed by atoms with E-state index in [1.54, 1.807) is 39.2 Å². The molecule has 0 fully saturated rings. The molecule has 0 unspecified atom stereocenters. The number of aryl methyl sites for hydroxylation is 1. The number of carbonyl (C=O) groups excluding carboxylic acids is 1. The summed E-state index contributed by atoms with van der Waals surface area (Å²) in [5, 5.41) is 6.42. The first kappa shape index (κ1) is 23.9. The molecule has 1 aromatic heterocycles. The van der Waals surface area contributed by atoms with Crippen molar-refractivity contribution in [1.82, 2.24) is 5.16 Å². The van der Waals surface area contributed by atoms with Gasteiger partial charge in [0.15, 0.2) is 11.5 Å². The van der Waals surface area contributed by atoms with Crippen molar-refractivity contribution in [1.29, 1.82) is 0 Å². The van der Waals surface area contributed by atoms with Crippen molar-refractivity contribution in [3.05, 3.63) is 65.4 Å². The van der Waals surface area contributed by atoms with Crippen LogP contribution in [0.5, 0.6) is 11.5 Å². The van der Waals surface area contributed by atoms with Gasteiger partial charge >= 0.3 is 0 Å². The maximum absolute atomic E-state index is 12.6. The van der Waals surface area contributed by atoms with Gasteiger partial charge in [-0.25, -0.2) is 13.1 Å². The van der Waals surface area contributed by atoms with Crippen LogP contribution in [-0.4, -0.2) is 33.2 Å². The average molecular weight is 472 g/mol. The zero-order valence-corrected chi connectivity index (χ0v) is 19.5. The molecule has 0 radical (unpaired) electrons. The van der Waals surface area contributed by atoms with Crippen LogP contribution in [0.25, 0.3) is 6.08 Å². The van der Waals surface area contributed by atoms with Crippen LogP contribution in [0.3, 0.4) is 0 Å². The first-order chi connectivity index (χ1) is 15.7. The first-order valence-corrected chi connectivity index (χ1v) is 11.6. The van der Waals surface area contributed by atoms with Gasteiger partial charge in [-0.3, -0.25) is 4.79 Å². The molecule has 1 amide bonds. The second-order valence-corrected chi connectivity index (χ2v) is 8.70. The molecule has 0 saturated heterocycles. The lowest BCUT2D eigenvalue weighted by Gasteiger charge is -2.09. The van der Waals surface area contributed by atoms with Crippen LogP contribution in [0, 0.1) is 13.8 Å². The summed E-state index contributed by atoms with van der Waals surface area (Å²) in [4.78, 5) is 12.3. The van der Waals surface area contributed by atoms with Crippen LogP contribution >= 0.6 is 0 Å². The number of anilines is 2. The molecule has 0 aliphatic heterocycles. The normalized spacial score (nSPS) is 11.4. The van der Waals surface area contributed by atoms with Crippen molar-refractivity contribution in [2.24, 2.45) is 0 Å². The minimum Gasteiger partial charge on any atom is -0.493 e. The third kappa shape index (κ3) is 5.92. The molecule has 33 heavy (non-hydrogen) atoms. The van der Waals surface area contributed by atoms with Gasteiger partial charge in [-0.05, 0) is 68.8 Å². The lowest BCUT2D eigenvalue weighted by atomic mass is 10.2. The van der Waals surface area contributed by atoms with Gasteiger partial charge in [-0.2, -0.15) is 0 Å². The molecule has 174 valence electrons. The van der Waals surface area contributed by atoms with E-state index in [2.05, 4.69) is 15.2 Å². The van der Waals surface area contributed by atoms with Crippen LogP contribution in [-0.2, 0) is 14.8 Å². The van der Waals surface area contributed by atoms with E-state index >= 15 is 0 Å². The fourth-order valence-corrected chi connectivity index (χ4v) is 3.87. The Balaban J connectivity index is 1.64. The Hall–Kier alpha value is -3.79. The smallest absolute Gasteiger partial charge is 0.264 e. The lowest BCUT2D eigenvalue weighted by molar-refractivity contribution is -0.111. The Morgan fingerprint density at radius 3 is 2.45 bits per heavy atom. The monoisotopic (exact) mass is 471 g/mol. The maximum atomic E-state index is 12.6. The minimum absolute atomic E-state index is 0.0194. The molecular formula is C23H25N3O6S. The Bertz CT molecular complexity index is 1260. The molecule has 1 heterocycles. The zero-order chi connectivity index (χ0) is 24.0. The molecule has 0 saturated carbocycles. The Labute approximate surface area is 192 Å². The highest BCUT2D eigenvalue weighted by atomic mass is 32.2. The molecule has 3 rings (SSSR count). The van der Waals surface area contributed by atoms with Gasteiger partial charge in [0.2, 0.25) is 11.8 Å². The highest BCUT2D eigenvalue weighted by Gasteiger charge is 2.19. The van der Waals surface area contributed by atoms with Gasteiger partial charge in [0.25, 0.3) is 10.0 Å². The van der Waals surface area contributed by atoms with Crippen molar-refractivity contribution in [3.8, 4) is 11.5 Å². The summed E-state index contributed by atoms with van der Waals surface area (Å²) in [5.74, 6) is 0.894. The maximum Gasteiger partial charge on any atom is 0.264 e. The van der Waals surface area contributed by atoms with E-state index in [0.29, 0.717) is 35.1 Å². The van der Waals surface area contributed by atoms with E-state index in [9.17, 15) is 13.2 Å². The molecule has 0 aliphatic carbocycles. The van der Waals surface area contributed by atoms with Crippen LogP contribution in [0.15, 0.2) is 58.0 Å². The Morgan fingerprint density at radius 1 is 1.12 bits per heavy atom. The number of benzene rings is 2. The molecular weight excluding hydrogens is 446 g/mol. The summed E-state index contributed by atoms with van der Waals surface area (Å²) in [5.41, 5.74) is 2.41. The number of hydrogen-bond donors (Lipinski definition) is 2. The number of nitrogens with one attached hydrogen (secondary N) is 2. The lowest BCUT2D eigenvalue weighted by Crippen LogP contribution is -2.13.